The SMILES string of the molecule is CC1CCN([C@H]2CC[C@@](C)(c3cccc(-c4ccccc4)c3)CC2)CC1. The lowest BCUT2D eigenvalue weighted by molar-refractivity contribution is 0.0928. The van der Waals surface area contributed by atoms with Gasteiger partial charge in [0.2, 0.25) is 0 Å². The van der Waals surface area contributed by atoms with Crippen molar-refractivity contribution in [2.45, 2.75) is 63.8 Å². The van der Waals surface area contributed by atoms with Crippen LogP contribution in [0.1, 0.15) is 57.9 Å². The van der Waals surface area contributed by atoms with E-state index >= 15 is 0 Å². The summed E-state index contributed by atoms with van der Waals surface area (Å²) >= 11 is 0. The van der Waals surface area contributed by atoms with Gasteiger partial charge in [0, 0.05) is 6.04 Å². The fraction of sp³-hybridized carbons (Fsp3) is 0.520. The van der Waals surface area contributed by atoms with Crippen molar-refractivity contribution in [2.24, 2.45) is 5.92 Å². The number of rotatable bonds is 3. The average Bonchev–Trinajstić information content (AvgIpc) is 2.70. The molecule has 0 spiro atoms. The third-order valence-corrected chi connectivity index (χ3v) is 7.06. The molecule has 26 heavy (non-hydrogen) atoms. The van der Waals surface area contributed by atoms with Crippen molar-refractivity contribution in [3.05, 3.63) is 60.2 Å². The number of benzene rings is 2. The molecular weight excluding hydrogens is 314 g/mol. The Kier molecular flexibility index (Phi) is 5.18. The van der Waals surface area contributed by atoms with Crippen LogP contribution in [0, 0.1) is 5.92 Å². The monoisotopic (exact) mass is 347 g/mol. The van der Waals surface area contributed by atoms with Gasteiger partial charge in [-0.3, -0.25) is 0 Å². The van der Waals surface area contributed by atoms with Gasteiger partial charge >= 0.3 is 0 Å². The zero-order chi connectivity index (χ0) is 18.0. The largest absolute Gasteiger partial charge is 0.300 e. The fourth-order valence-corrected chi connectivity index (χ4v) is 4.99. The van der Waals surface area contributed by atoms with Gasteiger partial charge in [0.25, 0.3) is 0 Å². The van der Waals surface area contributed by atoms with Crippen molar-refractivity contribution >= 4 is 0 Å². The maximum atomic E-state index is 2.79. The molecule has 2 aliphatic rings. The molecule has 0 N–H and O–H groups in total. The molecule has 4 rings (SSSR count). The molecule has 1 aliphatic carbocycles. The Morgan fingerprint density at radius 3 is 2.15 bits per heavy atom. The molecule has 1 nitrogen and oxygen atoms in total. The quantitative estimate of drug-likeness (QED) is 0.631. The van der Waals surface area contributed by atoms with Crippen molar-refractivity contribution in [2.75, 3.05) is 13.1 Å². The molecule has 1 aliphatic heterocycles. The average molecular weight is 348 g/mol. The summed E-state index contributed by atoms with van der Waals surface area (Å²) in [6, 6.07) is 20.9. The van der Waals surface area contributed by atoms with Crippen LogP contribution in [-0.4, -0.2) is 24.0 Å². The highest BCUT2D eigenvalue weighted by atomic mass is 15.2. The summed E-state index contributed by atoms with van der Waals surface area (Å²) in [5.41, 5.74) is 4.56. The van der Waals surface area contributed by atoms with Crippen LogP contribution in [0.25, 0.3) is 11.1 Å². The van der Waals surface area contributed by atoms with Gasteiger partial charge in [-0.05, 0) is 79.6 Å². The zero-order valence-electron chi connectivity index (χ0n) is 16.5. The summed E-state index contributed by atoms with van der Waals surface area (Å²) in [5, 5.41) is 0. The maximum absolute atomic E-state index is 2.79. The molecule has 0 atom stereocenters. The summed E-state index contributed by atoms with van der Waals surface area (Å²) < 4.78 is 0. The lowest BCUT2D eigenvalue weighted by atomic mass is 9.69. The van der Waals surface area contributed by atoms with Gasteiger partial charge in [-0.15, -0.1) is 0 Å². The third kappa shape index (κ3) is 3.74. The number of hydrogen-bond donors (Lipinski definition) is 0. The van der Waals surface area contributed by atoms with E-state index in [1.54, 1.807) is 0 Å². The number of piperidine rings is 1. The van der Waals surface area contributed by atoms with Crippen molar-refractivity contribution < 1.29 is 0 Å². The summed E-state index contributed by atoms with van der Waals surface area (Å²) in [5.74, 6) is 0.931. The predicted octanol–water partition coefficient (Wildman–Crippen LogP) is 6.29. The number of nitrogens with zero attached hydrogens (tertiary/aromatic N) is 1. The Labute approximate surface area is 159 Å². The summed E-state index contributed by atoms with van der Waals surface area (Å²) in [7, 11) is 0. The smallest absolute Gasteiger partial charge is 0.00958 e. The predicted molar refractivity (Wildman–Crippen MR) is 111 cm³/mol. The first-order valence-electron chi connectivity index (χ1n) is 10.5. The van der Waals surface area contributed by atoms with Crippen molar-refractivity contribution in [3.8, 4) is 11.1 Å². The molecular formula is C25H33N. The van der Waals surface area contributed by atoms with Gasteiger partial charge in [-0.2, -0.15) is 0 Å². The summed E-state index contributed by atoms with van der Waals surface area (Å²) in [6.45, 7) is 7.55. The molecule has 1 saturated carbocycles. The van der Waals surface area contributed by atoms with E-state index in [2.05, 4.69) is 73.3 Å². The standard InChI is InChI=1S/C25H33N/c1-20-13-17-26(18-14-20)24-11-15-25(2,16-12-24)23-10-6-9-22(19-23)21-7-4-3-5-8-21/h3-10,19-20,24H,11-18H2,1-2H3/t24-,25+. The highest BCUT2D eigenvalue weighted by Crippen LogP contribution is 2.42. The Bertz CT molecular complexity index is 704. The first-order valence-corrected chi connectivity index (χ1v) is 10.5. The van der Waals surface area contributed by atoms with Crippen LogP contribution in [0.5, 0.6) is 0 Å². The number of hydrogen-bond acceptors (Lipinski definition) is 1. The van der Waals surface area contributed by atoms with Crippen LogP contribution < -0.4 is 0 Å². The van der Waals surface area contributed by atoms with Crippen LogP contribution in [0.3, 0.4) is 0 Å². The molecule has 0 bridgehead atoms. The van der Waals surface area contributed by atoms with Crippen LogP contribution in [0.2, 0.25) is 0 Å². The van der Waals surface area contributed by atoms with Crippen molar-refractivity contribution in [1.29, 1.82) is 0 Å². The van der Waals surface area contributed by atoms with E-state index in [-0.39, 0.29) is 0 Å². The second kappa shape index (κ2) is 7.56. The molecule has 2 aromatic carbocycles. The van der Waals surface area contributed by atoms with Crippen molar-refractivity contribution in [1.82, 2.24) is 4.90 Å². The molecule has 2 aromatic rings. The van der Waals surface area contributed by atoms with E-state index in [0.29, 0.717) is 5.41 Å². The summed E-state index contributed by atoms with van der Waals surface area (Å²) in [6.07, 6.45) is 8.16. The van der Waals surface area contributed by atoms with Gasteiger partial charge in [0.15, 0.2) is 0 Å². The molecule has 1 saturated heterocycles. The van der Waals surface area contributed by atoms with Gasteiger partial charge in [0.05, 0.1) is 0 Å². The van der Waals surface area contributed by atoms with Gasteiger partial charge in [-0.1, -0.05) is 68.4 Å². The van der Waals surface area contributed by atoms with Gasteiger partial charge in [0.1, 0.15) is 0 Å². The highest BCUT2D eigenvalue weighted by molar-refractivity contribution is 5.64. The van der Waals surface area contributed by atoms with E-state index in [4.69, 9.17) is 0 Å². The topological polar surface area (TPSA) is 3.24 Å². The Hall–Kier alpha value is -1.60. The highest BCUT2D eigenvalue weighted by Gasteiger charge is 2.35. The Morgan fingerprint density at radius 2 is 1.46 bits per heavy atom. The maximum Gasteiger partial charge on any atom is 0.00958 e. The van der Waals surface area contributed by atoms with E-state index in [9.17, 15) is 0 Å². The lowest BCUT2D eigenvalue weighted by Gasteiger charge is -2.44. The normalized spacial score (nSPS) is 28.2. The Balaban J connectivity index is 1.45. The molecule has 0 aromatic heterocycles. The minimum atomic E-state index is 0.338. The second-order valence-electron chi connectivity index (χ2n) is 8.96. The van der Waals surface area contributed by atoms with Crippen LogP contribution >= 0.6 is 0 Å². The molecule has 0 radical (unpaired) electrons. The fourth-order valence-electron chi connectivity index (χ4n) is 4.99. The molecule has 2 fully saturated rings. The summed E-state index contributed by atoms with van der Waals surface area (Å²) in [4.78, 5) is 2.79. The molecule has 1 heterocycles. The van der Waals surface area contributed by atoms with E-state index in [0.717, 1.165) is 12.0 Å². The molecule has 138 valence electrons. The van der Waals surface area contributed by atoms with Crippen LogP contribution in [0.4, 0.5) is 0 Å². The van der Waals surface area contributed by atoms with Gasteiger partial charge < -0.3 is 4.90 Å². The van der Waals surface area contributed by atoms with Gasteiger partial charge in [-0.25, -0.2) is 0 Å². The molecule has 0 unspecified atom stereocenters. The Morgan fingerprint density at radius 1 is 0.808 bits per heavy atom. The van der Waals surface area contributed by atoms with Crippen LogP contribution in [-0.2, 0) is 5.41 Å². The zero-order valence-corrected chi connectivity index (χ0v) is 16.5. The minimum Gasteiger partial charge on any atom is -0.300 e. The molecule has 1 heteroatoms. The van der Waals surface area contributed by atoms with E-state index in [1.165, 1.54) is 68.3 Å². The first kappa shape index (κ1) is 17.8. The third-order valence-electron chi connectivity index (χ3n) is 7.06. The van der Waals surface area contributed by atoms with Crippen molar-refractivity contribution in [3.63, 3.8) is 0 Å². The minimum absolute atomic E-state index is 0.338. The number of likely N-dealkylation sites (tertiary alicyclic amines) is 1. The van der Waals surface area contributed by atoms with Crippen LogP contribution in [0.15, 0.2) is 54.6 Å². The lowest BCUT2D eigenvalue weighted by Crippen LogP contribution is -2.45. The van der Waals surface area contributed by atoms with E-state index in [1.807, 2.05) is 0 Å². The molecule has 0 amide bonds. The first-order chi connectivity index (χ1) is 12.6. The second-order valence-corrected chi connectivity index (χ2v) is 8.96. The van der Waals surface area contributed by atoms with E-state index < -0.39 is 0 Å².